The van der Waals surface area contributed by atoms with E-state index in [2.05, 4.69) is 26.6 Å². The highest BCUT2D eigenvalue weighted by atomic mass is 79.9. The number of halogens is 4. The van der Waals surface area contributed by atoms with Crippen LogP contribution in [0.5, 0.6) is 0 Å². The Bertz CT molecular complexity index is 499. The standard InChI is InChI=1S/C13H14BrF3N2O/c14-10-5-4-8(7-9(10)13(15,16)17)19-12(20)11-3-1-2-6-18-11/h4-5,7,11,18H,1-3,6H2,(H,19,20)/t11-/m0/s1. The van der Waals surface area contributed by atoms with Crippen molar-refractivity contribution in [3.05, 3.63) is 28.2 Å². The van der Waals surface area contributed by atoms with Crippen molar-refractivity contribution in [2.24, 2.45) is 0 Å². The predicted molar refractivity (Wildman–Crippen MR) is 73.4 cm³/mol. The highest BCUT2D eigenvalue weighted by Crippen LogP contribution is 2.36. The first-order valence-corrected chi connectivity index (χ1v) is 7.08. The molecule has 0 spiro atoms. The normalized spacial score (nSPS) is 19.7. The number of hydrogen-bond donors (Lipinski definition) is 2. The number of piperidine rings is 1. The van der Waals surface area contributed by atoms with Crippen molar-refractivity contribution < 1.29 is 18.0 Å². The van der Waals surface area contributed by atoms with Crippen LogP contribution in [0.15, 0.2) is 22.7 Å². The SMILES string of the molecule is O=C(Nc1ccc(Br)c(C(F)(F)F)c1)[C@@H]1CCCCN1. The van der Waals surface area contributed by atoms with Gasteiger partial charge in [-0.1, -0.05) is 22.4 Å². The van der Waals surface area contributed by atoms with Crippen LogP contribution in [-0.2, 0) is 11.0 Å². The third-order valence-electron chi connectivity index (χ3n) is 3.17. The number of carbonyl (C=O) groups excluding carboxylic acids is 1. The highest BCUT2D eigenvalue weighted by molar-refractivity contribution is 9.10. The van der Waals surface area contributed by atoms with E-state index < -0.39 is 11.7 Å². The largest absolute Gasteiger partial charge is 0.417 e. The van der Waals surface area contributed by atoms with Crippen LogP contribution in [-0.4, -0.2) is 18.5 Å². The Labute approximate surface area is 123 Å². The predicted octanol–water partition coefficient (Wildman–Crippen LogP) is 3.55. The van der Waals surface area contributed by atoms with Crippen LogP contribution >= 0.6 is 15.9 Å². The Hall–Kier alpha value is -1.08. The van der Waals surface area contributed by atoms with Crippen molar-refractivity contribution in [3.8, 4) is 0 Å². The Balaban J connectivity index is 2.11. The number of alkyl halides is 3. The molecule has 0 unspecified atom stereocenters. The van der Waals surface area contributed by atoms with E-state index in [1.807, 2.05) is 0 Å². The second-order valence-corrected chi connectivity index (χ2v) is 5.54. The molecular formula is C13H14BrF3N2O. The molecule has 1 atom stereocenters. The molecule has 2 rings (SSSR count). The zero-order valence-corrected chi connectivity index (χ0v) is 12.1. The van der Waals surface area contributed by atoms with E-state index in [1.165, 1.54) is 12.1 Å². The molecule has 1 fully saturated rings. The van der Waals surface area contributed by atoms with Crippen LogP contribution in [0.3, 0.4) is 0 Å². The van der Waals surface area contributed by atoms with Crippen LogP contribution in [0, 0.1) is 0 Å². The summed E-state index contributed by atoms with van der Waals surface area (Å²) in [4.78, 5) is 11.9. The van der Waals surface area contributed by atoms with Crippen molar-refractivity contribution in [2.75, 3.05) is 11.9 Å². The van der Waals surface area contributed by atoms with Gasteiger partial charge >= 0.3 is 6.18 Å². The number of nitrogens with one attached hydrogen (secondary N) is 2. The summed E-state index contributed by atoms with van der Waals surface area (Å²) >= 11 is 2.86. The third-order valence-corrected chi connectivity index (χ3v) is 3.86. The fraction of sp³-hybridized carbons (Fsp3) is 0.462. The molecule has 0 aliphatic carbocycles. The van der Waals surface area contributed by atoms with Crippen molar-refractivity contribution in [3.63, 3.8) is 0 Å². The molecule has 0 radical (unpaired) electrons. The lowest BCUT2D eigenvalue weighted by molar-refractivity contribution is -0.138. The van der Waals surface area contributed by atoms with Gasteiger partial charge in [0.1, 0.15) is 0 Å². The Morgan fingerprint density at radius 1 is 1.35 bits per heavy atom. The van der Waals surface area contributed by atoms with Gasteiger partial charge in [0.15, 0.2) is 0 Å². The average molecular weight is 351 g/mol. The molecule has 1 saturated heterocycles. The van der Waals surface area contributed by atoms with Gasteiger partial charge in [-0.15, -0.1) is 0 Å². The fourth-order valence-corrected chi connectivity index (χ4v) is 2.60. The summed E-state index contributed by atoms with van der Waals surface area (Å²) in [7, 11) is 0. The molecule has 1 heterocycles. The molecular weight excluding hydrogens is 337 g/mol. The topological polar surface area (TPSA) is 41.1 Å². The van der Waals surface area contributed by atoms with Crippen molar-refractivity contribution in [1.82, 2.24) is 5.32 Å². The number of benzene rings is 1. The Morgan fingerprint density at radius 3 is 2.70 bits per heavy atom. The minimum Gasteiger partial charge on any atom is -0.325 e. The molecule has 1 amide bonds. The average Bonchev–Trinajstić information content (AvgIpc) is 2.40. The second kappa shape index (κ2) is 6.13. The van der Waals surface area contributed by atoms with Crippen LogP contribution in [0.4, 0.5) is 18.9 Å². The van der Waals surface area contributed by atoms with Crippen LogP contribution < -0.4 is 10.6 Å². The van der Waals surface area contributed by atoms with Crippen LogP contribution in [0.1, 0.15) is 24.8 Å². The van der Waals surface area contributed by atoms with Crippen molar-refractivity contribution >= 4 is 27.5 Å². The lowest BCUT2D eigenvalue weighted by atomic mass is 10.0. The lowest BCUT2D eigenvalue weighted by Crippen LogP contribution is -2.43. The van der Waals surface area contributed by atoms with E-state index in [-0.39, 0.29) is 22.1 Å². The zero-order valence-electron chi connectivity index (χ0n) is 10.6. The van der Waals surface area contributed by atoms with Crippen LogP contribution in [0.2, 0.25) is 0 Å². The van der Waals surface area contributed by atoms with E-state index in [9.17, 15) is 18.0 Å². The molecule has 110 valence electrons. The molecule has 1 aliphatic rings. The first-order chi connectivity index (χ1) is 9.38. The molecule has 1 aromatic carbocycles. The first-order valence-electron chi connectivity index (χ1n) is 6.29. The molecule has 2 N–H and O–H groups in total. The van der Waals surface area contributed by atoms with Gasteiger partial charge in [0.2, 0.25) is 5.91 Å². The number of carbonyl (C=O) groups is 1. The molecule has 0 saturated carbocycles. The minimum absolute atomic E-state index is 0.0428. The van der Waals surface area contributed by atoms with Gasteiger partial charge in [-0.2, -0.15) is 13.2 Å². The molecule has 1 aromatic rings. The summed E-state index contributed by atoms with van der Waals surface area (Å²) in [6, 6.07) is 3.33. The second-order valence-electron chi connectivity index (χ2n) is 4.68. The molecule has 1 aliphatic heterocycles. The first kappa shape index (κ1) is 15.3. The summed E-state index contributed by atoms with van der Waals surface area (Å²) in [5.74, 6) is -0.292. The van der Waals surface area contributed by atoms with Crippen molar-refractivity contribution in [1.29, 1.82) is 0 Å². The van der Waals surface area contributed by atoms with Gasteiger partial charge in [0, 0.05) is 10.2 Å². The quantitative estimate of drug-likeness (QED) is 0.856. The van der Waals surface area contributed by atoms with Gasteiger partial charge in [-0.3, -0.25) is 4.79 Å². The van der Waals surface area contributed by atoms with E-state index in [1.54, 1.807) is 0 Å². The number of anilines is 1. The van der Waals surface area contributed by atoms with Gasteiger partial charge in [-0.25, -0.2) is 0 Å². The minimum atomic E-state index is -4.46. The molecule has 3 nitrogen and oxygen atoms in total. The summed E-state index contributed by atoms with van der Waals surface area (Å²) in [6.07, 6.45) is -1.79. The van der Waals surface area contributed by atoms with E-state index in [0.717, 1.165) is 25.5 Å². The number of hydrogen-bond acceptors (Lipinski definition) is 2. The summed E-state index contributed by atoms with van der Waals surface area (Å²) < 4.78 is 38.3. The summed E-state index contributed by atoms with van der Waals surface area (Å²) in [5.41, 5.74) is -0.648. The Kier molecular flexibility index (Phi) is 4.70. The van der Waals surface area contributed by atoms with Crippen LogP contribution in [0.25, 0.3) is 0 Å². The van der Waals surface area contributed by atoms with Gasteiger partial charge < -0.3 is 10.6 Å². The number of rotatable bonds is 2. The van der Waals surface area contributed by atoms with E-state index in [4.69, 9.17) is 0 Å². The van der Waals surface area contributed by atoms with E-state index >= 15 is 0 Å². The zero-order chi connectivity index (χ0) is 14.8. The molecule has 0 bridgehead atoms. The lowest BCUT2D eigenvalue weighted by Gasteiger charge is -2.22. The molecule has 20 heavy (non-hydrogen) atoms. The smallest absolute Gasteiger partial charge is 0.325 e. The summed E-state index contributed by atoms with van der Waals surface area (Å²) in [5, 5.41) is 5.58. The third kappa shape index (κ3) is 3.73. The highest BCUT2D eigenvalue weighted by Gasteiger charge is 2.33. The van der Waals surface area contributed by atoms with Gasteiger partial charge in [0.05, 0.1) is 11.6 Å². The maximum absolute atomic E-state index is 12.8. The summed E-state index contributed by atoms with van der Waals surface area (Å²) in [6.45, 7) is 0.756. The van der Waals surface area contributed by atoms with Gasteiger partial charge in [-0.05, 0) is 37.6 Å². The maximum Gasteiger partial charge on any atom is 0.417 e. The fourth-order valence-electron chi connectivity index (χ4n) is 2.13. The molecule has 7 heteroatoms. The monoisotopic (exact) mass is 350 g/mol. The maximum atomic E-state index is 12.8. The van der Waals surface area contributed by atoms with Crippen molar-refractivity contribution in [2.45, 2.75) is 31.5 Å². The Morgan fingerprint density at radius 2 is 2.10 bits per heavy atom. The van der Waals surface area contributed by atoms with E-state index in [0.29, 0.717) is 6.42 Å². The number of amides is 1. The van der Waals surface area contributed by atoms with Gasteiger partial charge in [0.25, 0.3) is 0 Å². The molecule has 0 aromatic heterocycles.